The first-order chi connectivity index (χ1) is 16.9. The molecule has 178 valence electrons. The minimum Gasteiger partial charge on any atom is -0.497 e. The predicted molar refractivity (Wildman–Crippen MR) is 135 cm³/mol. The van der Waals surface area contributed by atoms with Gasteiger partial charge in [0.25, 0.3) is 0 Å². The van der Waals surface area contributed by atoms with Crippen molar-refractivity contribution in [1.82, 2.24) is 4.90 Å². The summed E-state index contributed by atoms with van der Waals surface area (Å²) in [5.41, 5.74) is 2.21. The number of carbonyl (C=O) groups is 3. The van der Waals surface area contributed by atoms with Gasteiger partial charge in [0.05, 0.1) is 24.9 Å². The van der Waals surface area contributed by atoms with Gasteiger partial charge in [-0.3, -0.25) is 14.5 Å². The number of carbonyl (C=O) groups excluding carboxylic acids is 2. The third-order valence-corrected chi connectivity index (χ3v) is 6.46. The number of benzene rings is 3. The Morgan fingerprint density at radius 1 is 1.03 bits per heavy atom. The van der Waals surface area contributed by atoms with Crippen LogP contribution in [0.5, 0.6) is 5.75 Å². The van der Waals surface area contributed by atoms with E-state index in [1.165, 1.54) is 36.0 Å². The summed E-state index contributed by atoms with van der Waals surface area (Å²) in [6, 6.07) is 22.6. The Bertz CT molecular complexity index is 1240. The Balaban J connectivity index is 1.51. The molecule has 0 bridgehead atoms. The maximum Gasteiger partial charge on any atom is 0.335 e. The maximum atomic E-state index is 13.3. The number of hydrogen-bond acceptors (Lipinski definition) is 6. The van der Waals surface area contributed by atoms with E-state index in [0.717, 1.165) is 5.56 Å². The molecular weight excluding hydrogens is 466 g/mol. The van der Waals surface area contributed by atoms with E-state index >= 15 is 0 Å². The molecule has 0 radical (unpaired) electrons. The molecule has 9 heteroatoms. The molecule has 1 fully saturated rings. The number of hydrogen-bond donors (Lipinski definition) is 2. The number of anilines is 1. The Labute approximate surface area is 206 Å². The molecule has 1 aliphatic heterocycles. The average Bonchev–Trinajstić information content (AvgIpc) is 3.14. The van der Waals surface area contributed by atoms with E-state index in [0.29, 0.717) is 28.8 Å². The fourth-order valence-electron chi connectivity index (χ4n) is 3.48. The first kappa shape index (κ1) is 24.0. The zero-order valence-electron chi connectivity index (χ0n) is 18.9. The molecule has 3 aromatic rings. The second-order valence-corrected chi connectivity index (χ2v) is 8.91. The van der Waals surface area contributed by atoms with Gasteiger partial charge in [-0.25, -0.2) is 9.79 Å². The summed E-state index contributed by atoms with van der Waals surface area (Å²) in [5, 5.41) is 11.6. The molecule has 0 aliphatic carbocycles. The van der Waals surface area contributed by atoms with Crippen molar-refractivity contribution in [1.29, 1.82) is 0 Å². The third kappa shape index (κ3) is 6.07. The van der Waals surface area contributed by atoms with Gasteiger partial charge in [0.15, 0.2) is 5.17 Å². The number of thioether (sulfide) groups is 1. The number of amides is 2. The minimum atomic E-state index is -1.04. The second kappa shape index (κ2) is 10.9. The van der Waals surface area contributed by atoms with Crippen LogP contribution < -0.4 is 10.1 Å². The molecule has 1 heterocycles. The van der Waals surface area contributed by atoms with Gasteiger partial charge in [-0.15, -0.1) is 0 Å². The van der Waals surface area contributed by atoms with Crippen LogP contribution in [-0.4, -0.2) is 45.3 Å². The SMILES string of the molecule is COc1ccc(N=C2SC(CC(=O)Nc3ccc(C(=O)O)cc3)C(=O)N2Cc2ccccc2)cc1. The van der Waals surface area contributed by atoms with E-state index in [9.17, 15) is 14.4 Å². The van der Waals surface area contributed by atoms with Crippen molar-refractivity contribution < 1.29 is 24.2 Å². The van der Waals surface area contributed by atoms with Gasteiger partial charge in [0, 0.05) is 12.1 Å². The molecule has 1 atom stereocenters. The number of carboxylic acids is 1. The Hall–Kier alpha value is -4.11. The summed E-state index contributed by atoms with van der Waals surface area (Å²) in [5.74, 6) is -0.874. The number of aliphatic imine (C=N–C) groups is 1. The molecule has 3 aromatic carbocycles. The van der Waals surface area contributed by atoms with Crippen LogP contribution in [0.1, 0.15) is 22.3 Å². The van der Waals surface area contributed by atoms with Crippen molar-refractivity contribution in [2.75, 3.05) is 12.4 Å². The summed E-state index contributed by atoms with van der Waals surface area (Å²) < 4.78 is 5.19. The lowest BCUT2D eigenvalue weighted by Crippen LogP contribution is -2.33. The zero-order valence-corrected chi connectivity index (χ0v) is 19.7. The standard InChI is InChI=1S/C26H23N3O5S/c1-34-21-13-11-20(12-14-21)28-26-29(16-17-5-3-2-4-6-17)24(31)22(35-26)15-23(30)27-19-9-7-18(8-10-19)25(32)33/h2-14,22H,15-16H2,1H3,(H,27,30)(H,32,33). The van der Waals surface area contributed by atoms with Crippen LogP contribution in [0.25, 0.3) is 0 Å². The van der Waals surface area contributed by atoms with Crippen molar-refractivity contribution in [3.8, 4) is 5.75 Å². The van der Waals surface area contributed by atoms with E-state index in [1.54, 1.807) is 36.3 Å². The van der Waals surface area contributed by atoms with Gasteiger partial charge in [0.2, 0.25) is 11.8 Å². The van der Waals surface area contributed by atoms with Crippen LogP contribution in [0.4, 0.5) is 11.4 Å². The van der Waals surface area contributed by atoms with Crippen LogP contribution >= 0.6 is 11.8 Å². The normalized spacial score (nSPS) is 16.4. The van der Waals surface area contributed by atoms with Crippen LogP contribution in [-0.2, 0) is 16.1 Å². The molecule has 0 spiro atoms. The van der Waals surface area contributed by atoms with Gasteiger partial charge in [0.1, 0.15) is 11.0 Å². The minimum absolute atomic E-state index is 0.0445. The monoisotopic (exact) mass is 489 g/mol. The van der Waals surface area contributed by atoms with Crippen molar-refractivity contribution in [3.05, 3.63) is 90.0 Å². The molecule has 8 nitrogen and oxygen atoms in total. The van der Waals surface area contributed by atoms with E-state index < -0.39 is 11.2 Å². The van der Waals surface area contributed by atoms with Gasteiger partial charge >= 0.3 is 5.97 Å². The van der Waals surface area contributed by atoms with Gasteiger partial charge in [-0.05, 0) is 54.1 Å². The fourth-order valence-corrected chi connectivity index (χ4v) is 4.64. The Kier molecular flexibility index (Phi) is 7.47. The van der Waals surface area contributed by atoms with E-state index in [2.05, 4.69) is 10.3 Å². The molecular formula is C26H23N3O5S. The van der Waals surface area contributed by atoms with Gasteiger partial charge in [-0.1, -0.05) is 42.1 Å². The first-order valence-corrected chi connectivity index (χ1v) is 11.7. The van der Waals surface area contributed by atoms with E-state index in [-0.39, 0.29) is 23.8 Å². The van der Waals surface area contributed by atoms with Crippen LogP contribution in [0.3, 0.4) is 0 Å². The van der Waals surface area contributed by atoms with Crippen molar-refractivity contribution >= 4 is 46.1 Å². The summed E-state index contributed by atoms with van der Waals surface area (Å²) >= 11 is 1.25. The first-order valence-electron chi connectivity index (χ1n) is 10.8. The lowest BCUT2D eigenvalue weighted by Gasteiger charge is -2.16. The molecule has 1 saturated heterocycles. The quantitative estimate of drug-likeness (QED) is 0.480. The van der Waals surface area contributed by atoms with Crippen molar-refractivity contribution in [2.45, 2.75) is 18.2 Å². The zero-order chi connectivity index (χ0) is 24.8. The molecule has 1 aliphatic rings. The number of amidine groups is 1. The lowest BCUT2D eigenvalue weighted by molar-refractivity contribution is -0.128. The molecule has 1 unspecified atom stereocenters. The van der Waals surface area contributed by atoms with Crippen LogP contribution in [0.15, 0.2) is 83.9 Å². The number of aromatic carboxylic acids is 1. The van der Waals surface area contributed by atoms with Gasteiger partial charge in [-0.2, -0.15) is 0 Å². The number of rotatable bonds is 8. The smallest absolute Gasteiger partial charge is 0.335 e. The highest BCUT2D eigenvalue weighted by Crippen LogP contribution is 2.33. The lowest BCUT2D eigenvalue weighted by atomic mass is 10.2. The third-order valence-electron chi connectivity index (χ3n) is 5.29. The molecule has 2 N–H and O–H groups in total. The highest BCUT2D eigenvalue weighted by Gasteiger charge is 2.39. The molecule has 0 aromatic heterocycles. The maximum absolute atomic E-state index is 13.3. The highest BCUT2D eigenvalue weighted by molar-refractivity contribution is 8.15. The van der Waals surface area contributed by atoms with E-state index in [1.807, 2.05) is 30.3 Å². The summed E-state index contributed by atoms with van der Waals surface area (Å²) in [4.78, 5) is 43.2. The van der Waals surface area contributed by atoms with Crippen LogP contribution in [0, 0.1) is 0 Å². The number of nitrogens with zero attached hydrogens (tertiary/aromatic N) is 2. The van der Waals surface area contributed by atoms with E-state index in [4.69, 9.17) is 9.84 Å². The Morgan fingerprint density at radius 3 is 2.34 bits per heavy atom. The highest BCUT2D eigenvalue weighted by atomic mass is 32.2. The Morgan fingerprint density at radius 2 is 1.71 bits per heavy atom. The predicted octanol–water partition coefficient (Wildman–Crippen LogP) is 4.55. The molecule has 4 rings (SSSR count). The van der Waals surface area contributed by atoms with Crippen molar-refractivity contribution in [3.63, 3.8) is 0 Å². The number of carboxylic acid groups (broad SMARTS) is 1. The van der Waals surface area contributed by atoms with Crippen LogP contribution in [0.2, 0.25) is 0 Å². The molecule has 0 saturated carbocycles. The second-order valence-electron chi connectivity index (χ2n) is 7.74. The molecule has 35 heavy (non-hydrogen) atoms. The summed E-state index contributed by atoms with van der Waals surface area (Å²) in [6.45, 7) is 0.344. The molecule has 2 amide bonds. The largest absolute Gasteiger partial charge is 0.497 e. The van der Waals surface area contributed by atoms with Gasteiger partial charge < -0.3 is 15.2 Å². The summed E-state index contributed by atoms with van der Waals surface area (Å²) in [6.07, 6.45) is -0.0445. The summed E-state index contributed by atoms with van der Waals surface area (Å²) in [7, 11) is 1.59. The number of nitrogens with one attached hydrogen (secondary N) is 1. The van der Waals surface area contributed by atoms with Crippen molar-refractivity contribution in [2.24, 2.45) is 4.99 Å². The number of methoxy groups -OCH3 is 1. The topological polar surface area (TPSA) is 108 Å². The average molecular weight is 490 g/mol. The number of ether oxygens (including phenoxy) is 1. The fraction of sp³-hybridized carbons (Fsp3) is 0.154.